The zero-order valence-electron chi connectivity index (χ0n) is 12.4. The van der Waals surface area contributed by atoms with E-state index in [1.807, 2.05) is 0 Å². The van der Waals surface area contributed by atoms with Gasteiger partial charge in [0, 0.05) is 23.5 Å². The van der Waals surface area contributed by atoms with E-state index < -0.39 is 0 Å². The Balaban J connectivity index is 1.88. The van der Waals surface area contributed by atoms with Gasteiger partial charge in [0.25, 0.3) is 0 Å². The molecule has 2 heterocycles. The highest BCUT2D eigenvalue weighted by Gasteiger charge is 2.34. The van der Waals surface area contributed by atoms with Crippen LogP contribution in [-0.4, -0.2) is 34.7 Å². The zero-order valence-corrected chi connectivity index (χ0v) is 12.4. The number of piperidine rings is 1. The minimum absolute atomic E-state index is 0.216. The standard InChI is InChI=1S/C16H26N2O/c1-16(2)10-14-13(15(19)11-16)6-9-18(14)12-4-7-17(3)8-5-12/h6,9,12,15,19H,4-5,7-8,10-11H2,1-3H3. The fourth-order valence-corrected chi connectivity index (χ4v) is 3.77. The molecule has 1 N–H and O–H groups in total. The molecule has 3 heteroatoms. The summed E-state index contributed by atoms with van der Waals surface area (Å²) in [6.07, 6.45) is 6.38. The maximum atomic E-state index is 10.3. The van der Waals surface area contributed by atoms with Crippen molar-refractivity contribution in [2.24, 2.45) is 5.41 Å². The summed E-state index contributed by atoms with van der Waals surface area (Å²) < 4.78 is 2.46. The van der Waals surface area contributed by atoms with Crippen molar-refractivity contribution < 1.29 is 5.11 Å². The maximum Gasteiger partial charge on any atom is 0.0812 e. The molecular weight excluding hydrogens is 236 g/mol. The van der Waals surface area contributed by atoms with E-state index in [-0.39, 0.29) is 11.5 Å². The Kier molecular flexibility index (Phi) is 3.22. The van der Waals surface area contributed by atoms with Crippen LogP contribution in [0.5, 0.6) is 0 Å². The first-order valence-corrected chi connectivity index (χ1v) is 7.52. The molecule has 19 heavy (non-hydrogen) atoms. The minimum atomic E-state index is -0.272. The fraction of sp³-hybridized carbons (Fsp3) is 0.750. The van der Waals surface area contributed by atoms with Crippen LogP contribution >= 0.6 is 0 Å². The van der Waals surface area contributed by atoms with Crippen molar-refractivity contribution in [3.63, 3.8) is 0 Å². The molecule has 2 aliphatic rings. The van der Waals surface area contributed by atoms with Crippen LogP contribution in [0, 0.1) is 5.41 Å². The number of fused-ring (bicyclic) bond motifs is 1. The lowest BCUT2D eigenvalue weighted by Gasteiger charge is -2.37. The van der Waals surface area contributed by atoms with E-state index in [1.165, 1.54) is 37.2 Å². The molecule has 0 radical (unpaired) electrons. The first kappa shape index (κ1) is 13.2. The molecule has 0 bridgehead atoms. The van der Waals surface area contributed by atoms with E-state index in [9.17, 15) is 5.11 Å². The van der Waals surface area contributed by atoms with Crippen LogP contribution in [0.15, 0.2) is 12.3 Å². The highest BCUT2D eigenvalue weighted by Crippen LogP contribution is 2.42. The third kappa shape index (κ3) is 2.46. The molecule has 1 aliphatic carbocycles. The topological polar surface area (TPSA) is 28.4 Å². The lowest BCUT2D eigenvalue weighted by molar-refractivity contribution is 0.0964. The average molecular weight is 262 g/mol. The third-order valence-corrected chi connectivity index (χ3v) is 4.89. The van der Waals surface area contributed by atoms with E-state index in [1.54, 1.807) is 0 Å². The number of aromatic nitrogens is 1. The highest BCUT2D eigenvalue weighted by molar-refractivity contribution is 5.29. The van der Waals surface area contributed by atoms with E-state index >= 15 is 0 Å². The van der Waals surface area contributed by atoms with Gasteiger partial charge in [0.2, 0.25) is 0 Å². The Morgan fingerprint density at radius 1 is 1.26 bits per heavy atom. The molecule has 1 atom stereocenters. The van der Waals surface area contributed by atoms with Crippen molar-refractivity contribution in [2.75, 3.05) is 20.1 Å². The SMILES string of the molecule is CN1CCC(n2ccc3c2CC(C)(C)CC3O)CC1. The van der Waals surface area contributed by atoms with E-state index in [4.69, 9.17) is 0 Å². The lowest BCUT2D eigenvalue weighted by Crippen LogP contribution is -2.33. The molecule has 106 valence electrons. The molecule has 1 aliphatic heterocycles. The number of rotatable bonds is 1. The maximum absolute atomic E-state index is 10.3. The second-order valence-corrected chi connectivity index (χ2v) is 7.22. The summed E-state index contributed by atoms with van der Waals surface area (Å²) >= 11 is 0. The largest absolute Gasteiger partial charge is 0.388 e. The Labute approximate surface area is 116 Å². The van der Waals surface area contributed by atoms with Gasteiger partial charge in [-0.05, 0) is 57.3 Å². The first-order valence-electron chi connectivity index (χ1n) is 7.52. The summed E-state index contributed by atoms with van der Waals surface area (Å²) in [6.45, 7) is 6.91. The van der Waals surface area contributed by atoms with Crippen LogP contribution in [-0.2, 0) is 6.42 Å². The quantitative estimate of drug-likeness (QED) is 0.843. The second-order valence-electron chi connectivity index (χ2n) is 7.22. The van der Waals surface area contributed by atoms with Gasteiger partial charge in [-0.3, -0.25) is 0 Å². The molecule has 1 unspecified atom stereocenters. The normalized spacial score (nSPS) is 28.3. The molecule has 1 saturated heterocycles. The summed E-state index contributed by atoms with van der Waals surface area (Å²) in [5.41, 5.74) is 2.78. The van der Waals surface area contributed by atoms with Crippen LogP contribution in [0.1, 0.15) is 56.5 Å². The third-order valence-electron chi connectivity index (χ3n) is 4.89. The van der Waals surface area contributed by atoms with Crippen molar-refractivity contribution in [3.05, 3.63) is 23.5 Å². The second kappa shape index (κ2) is 4.64. The van der Waals surface area contributed by atoms with E-state index in [0.29, 0.717) is 6.04 Å². The lowest BCUT2D eigenvalue weighted by atomic mass is 9.75. The van der Waals surface area contributed by atoms with Crippen LogP contribution < -0.4 is 0 Å². The molecule has 0 saturated carbocycles. The summed E-state index contributed by atoms with van der Waals surface area (Å²) in [7, 11) is 2.20. The van der Waals surface area contributed by atoms with Gasteiger partial charge in [0.05, 0.1) is 6.10 Å². The Hall–Kier alpha value is -0.800. The minimum Gasteiger partial charge on any atom is -0.388 e. The number of nitrogens with zero attached hydrogens (tertiary/aromatic N) is 2. The summed E-state index contributed by atoms with van der Waals surface area (Å²) in [4.78, 5) is 2.41. The molecule has 0 aromatic carbocycles. The molecule has 1 fully saturated rings. The van der Waals surface area contributed by atoms with Gasteiger partial charge in [-0.2, -0.15) is 0 Å². The van der Waals surface area contributed by atoms with Gasteiger partial charge in [-0.15, -0.1) is 0 Å². The molecular formula is C16H26N2O. The van der Waals surface area contributed by atoms with E-state index in [0.717, 1.165) is 12.8 Å². The van der Waals surface area contributed by atoms with E-state index in [2.05, 4.69) is 42.6 Å². The van der Waals surface area contributed by atoms with Gasteiger partial charge in [0.1, 0.15) is 0 Å². The molecule has 3 nitrogen and oxygen atoms in total. The number of likely N-dealkylation sites (tertiary alicyclic amines) is 1. The average Bonchev–Trinajstić information content (AvgIpc) is 2.72. The smallest absolute Gasteiger partial charge is 0.0812 e. The number of hydrogen-bond donors (Lipinski definition) is 1. The van der Waals surface area contributed by atoms with Crippen LogP contribution in [0.3, 0.4) is 0 Å². The Bertz CT molecular complexity index is 455. The van der Waals surface area contributed by atoms with Crippen molar-refractivity contribution in [1.29, 1.82) is 0 Å². The van der Waals surface area contributed by atoms with Crippen molar-refractivity contribution >= 4 is 0 Å². The summed E-state index contributed by atoms with van der Waals surface area (Å²) in [6, 6.07) is 2.77. The van der Waals surface area contributed by atoms with Gasteiger partial charge in [-0.1, -0.05) is 13.8 Å². The zero-order chi connectivity index (χ0) is 13.6. The molecule has 3 rings (SSSR count). The van der Waals surface area contributed by atoms with Gasteiger partial charge in [0.15, 0.2) is 0 Å². The molecule has 0 spiro atoms. The molecule has 1 aromatic heterocycles. The van der Waals surface area contributed by atoms with Gasteiger partial charge in [-0.25, -0.2) is 0 Å². The predicted octanol–water partition coefficient (Wildman–Crippen LogP) is 2.76. The van der Waals surface area contributed by atoms with Crippen LogP contribution in [0.4, 0.5) is 0 Å². The number of aliphatic hydroxyl groups excluding tert-OH is 1. The molecule has 0 amide bonds. The number of aliphatic hydroxyl groups is 1. The monoisotopic (exact) mass is 262 g/mol. The Morgan fingerprint density at radius 2 is 1.95 bits per heavy atom. The van der Waals surface area contributed by atoms with Gasteiger partial charge < -0.3 is 14.6 Å². The number of hydrogen-bond acceptors (Lipinski definition) is 2. The summed E-state index contributed by atoms with van der Waals surface area (Å²) in [5, 5.41) is 10.3. The Morgan fingerprint density at radius 3 is 2.63 bits per heavy atom. The predicted molar refractivity (Wildman–Crippen MR) is 77.3 cm³/mol. The van der Waals surface area contributed by atoms with Crippen LogP contribution in [0.25, 0.3) is 0 Å². The first-order chi connectivity index (χ1) is 8.96. The van der Waals surface area contributed by atoms with Crippen LogP contribution in [0.2, 0.25) is 0 Å². The van der Waals surface area contributed by atoms with Gasteiger partial charge >= 0.3 is 0 Å². The van der Waals surface area contributed by atoms with Crippen molar-refractivity contribution in [2.45, 2.75) is 51.7 Å². The van der Waals surface area contributed by atoms with Crippen molar-refractivity contribution in [3.8, 4) is 0 Å². The molecule has 1 aromatic rings. The fourth-order valence-electron chi connectivity index (χ4n) is 3.77. The van der Waals surface area contributed by atoms with Crippen molar-refractivity contribution in [1.82, 2.24) is 9.47 Å². The summed E-state index contributed by atoms with van der Waals surface area (Å²) in [5.74, 6) is 0. The highest BCUT2D eigenvalue weighted by atomic mass is 16.3.